The summed E-state index contributed by atoms with van der Waals surface area (Å²) in [5.41, 5.74) is 6.31. The van der Waals surface area contributed by atoms with Crippen LogP contribution in [0.15, 0.2) is 79.1 Å². The molecule has 0 aliphatic carbocycles. The molecule has 0 radical (unpaired) electrons. The number of amides is 1. The molecule has 0 atom stereocenters. The molecule has 0 bridgehead atoms. The standard InChI is InChI=1S/C27H22N4O2/c1-30-16-24(14-29-30)22-10-8-19(9-11-22)15-31-17-23-6-3-7-25(26(23)27(31)32)33-18-21-5-2-4-20(12-21)13-28/h2-12,14,16H,15,17-18H2,1H3. The van der Waals surface area contributed by atoms with Crippen LogP contribution < -0.4 is 4.74 Å². The summed E-state index contributed by atoms with van der Waals surface area (Å²) in [7, 11) is 1.90. The molecule has 0 spiro atoms. The zero-order valence-electron chi connectivity index (χ0n) is 18.2. The van der Waals surface area contributed by atoms with Gasteiger partial charge in [0.2, 0.25) is 0 Å². The molecule has 1 aromatic heterocycles. The number of rotatable bonds is 6. The molecular formula is C27H22N4O2. The van der Waals surface area contributed by atoms with Crippen molar-refractivity contribution in [3.05, 3.63) is 107 Å². The Morgan fingerprint density at radius 3 is 2.61 bits per heavy atom. The molecule has 4 aromatic rings. The maximum Gasteiger partial charge on any atom is 0.258 e. The number of carbonyl (C=O) groups is 1. The number of aryl methyl sites for hydroxylation is 1. The van der Waals surface area contributed by atoms with Crippen molar-refractivity contribution in [2.75, 3.05) is 0 Å². The smallest absolute Gasteiger partial charge is 0.258 e. The molecule has 1 aliphatic rings. The monoisotopic (exact) mass is 434 g/mol. The van der Waals surface area contributed by atoms with Gasteiger partial charge < -0.3 is 9.64 Å². The third-order valence-corrected chi connectivity index (χ3v) is 5.79. The van der Waals surface area contributed by atoms with Gasteiger partial charge in [0.15, 0.2) is 0 Å². The summed E-state index contributed by atoms with van der Waals surface area (Å²) in [5.74, 6) is 0.553. The predicted octanol–water partition coefficient (Wildman–Crippen LogP) is 4.69. The number of carbonyl (C=O) groups excluding carboxylic acids is 1. The summed E-state index contributed by atoms with van der Waals surface area (Å²) in [6.45, 7) is 1.39. The maximum absolute atomic E-state index is 13.2. The minimum Gasteiger partial charge on any atom is -0.488 e. The van der Waals surface area contributed by atoms with Gasteiger partial charge in [-0.2, -0.15) is 10.4 Å². The highest BCUT2D eigenvalue weighted by Crippen LogP contribution is 2.32. The lowest BCUT2D eigenvalue weighted by Crippen LogP contribution is -2.23. The molecule has 0 fully saturated rings. The van der Waals surface area contributed by atoms with E-state index in [0.29, 0.717) is 36.6 Å². The van der Waals surface area contributed by atoms with Gasteiger partial charge in [0.1, 0.15) is 12.4 Å². The Morgan fingerprint density at radius 1 is 1.03 bits per heavy atom. The first-order valence-electron chi connectivity index (χ1n) is 10.7. The molecule has 0 saturated carbocycles. The summed E-state index contributed by atoms with van der Waals surface area (Å²) in [4.78, 5) is 15.1. The molecule has 0 unspecified atom stereocenters. The summed E-state index contributed by atoms with van der Waals surface area (Å²) in [5, 5.41) is 13.3. The zero-order valence-corrected chi connectivity index (χ0v) is 18.2. The van der Waals surface area contributed by atoms with Crippen LogP contribution in [0.2, 0.25) is 0 Å². The zero-order chi connectivity index (χ0) is 22.8. The Kier molecular flexibility index (Phi) is 5.37. The minimum absolute atomic E-state index is 0.0253. The van der Waals surface area contributed by atoms with Crippen LogP contribution in [0.4, 0.5) is 0 Å². The van der Waals surface area contributed by atoms with E-state index in [1.807, 2.05) is 54.7 Å². The van der Waals surface area contributed by atoms with Crippen LogP contribution in [0.25, 0.3) is 11.1 Å². The van der Waals surface area contributed by atoms with Crippen molar-refractivity contribution in [1.82, 2.24) is 14.7 Å². The van der Waals surface area contributed by atoms with E-state index < -0.39 is 0 Å². The van der Waals surface area contributed by atoms with Gasteiger partial charge in [-0.3, -0.25) is 9.48 Å². The first kappa shape index (κ1) is 20.5. The van der Waals surface area contributed by atoms with Crippen LogP contribution in [0.3, 0.4) is 0 Å². The Bertz CT molecular complexity index is 1370. The molecule has 6 nitrogen and oxygen atoms in total. The van der Waals surface area contributed by atoms with Gasteiger partial charge in [0.25, 0.3) is 5.91 Å². The summed E-state index contributed by atoms with van der Waals surface area (Å²) in [6.07, 6.45) is 3.82. The van der Waals surface area contributed by atoms with Gasteiger partial charge >= 0.3 is 0 Å². The second kappa shape index (κ2) is 8.64. The first-order valence-corrected chi connectivity index (χ1v) is 10.7. The summed E-state index contributed by atoms with van der Waals surface area (Å²) in [6, 6.07) is 23.4. The fourth-order valence-corrected chi connectivity index (χ4v) is 4.12. The van der Waals surface area contributed by atoms with Crippen LogP contribution in [0, 0.1) is 11.3 Å². The Hall–Kier alpha value is -4.37. The normalized spacial score (nSPS) is 12.5. The second-order valence-electron chi connectivity index (χ2n) is 8.15. The van der Waals surface area contributed by atoms with Gasteiger partial charge in [-0.15, -0.1) is 0 Å². The number of nitrogens with zero attached hydrogens (tertiary/aromatic N) is 4. The van der Waals surface area contributed by atoms with Gasteiger partial charge in [-0.05, 0) is 40.5 Å². The van der Waals surface area contributed by atoms with Crippen molar-refractivity contribution in [3.8, 4) is 22.9 Å². The molecule has 0 N–H and O–H groups in total. The molecule has 2 heterocycles. The highest BCUT2D eigenvalue weighted by molar-refractivity contribution is 6.01. The van der Waals surface area contributed by atoms with Gasteiger partial charge in [0.05, 0.1) is 23.4 Å². The molecule has 1 aliphatic heterocycles. The molecule has 5 rings (SSSR count). The number of hydrogen-bond donors (Lipinski definition) is 0. The minimum atomic E-state index is -0.0253. The Morgan fingerprint density at radius 2 is 1.85 bits per heavy atom. The summed E-state index contributed by atoms with van der Waals surface area (Å²) < 4.78 is 7.79. The van der Waals surface area contributed by atoms with Crippen molar-refractivity contribution in [2.45, 2.75) is 19.7 Å². The first-order chi connectivity index (χ1) is 16.1. The van der Waals surface area contributed by atoms with Crippen LogP contribution in [0.5, 0.6) is 5.75 Å². The molecule has 6 heteroatoms. The Labute approximate surface area is 192 Å². The lowest BCUT2D eigenvalue weighted by atomic mass is 10.1. The van der Waals surface area contributed by atoms with Gasteiger partial charge in [-0.25, -0.2) is 0 Å². The SMILES string of the molecule is Cn1cc(-c2ccc(CN3Cc4cccc(OCc5cccc(C#N)c5)c4C3=O)cc2)cn1. The molecule has 33 heavy (non-hydrogen) atoms. The van der Waals surface area contributed by atoms with Crippen molar-refractivity contribution in [1.29, 1.82) is 5.26 Å². The van der Waals surface area contributed by atoms with E-state index in [9.17, 15) is 4.79 Å². The summed E-state index contributed by atoms with van der Waals surface area (Å²) >= 11 is 0. The van der Waals surface area contributed by atoms with E-state index in [4.69, 9.17) is 10.00 Å². The van der Waals surface area contributed by atoms with Crippen molar-refractivity contribution < 1.29 is 9.53 Å². The highest BCUT2D eigenvalue weighted by atomic mass is 16.5. The van der Waals surface area contributed by atoms with Crippen molar-refractivity contribution in [3.63, 3.8) is 0 Å². The largest absolute Gasteiger partial charge is 0.488 e. The van der Waals surface area contributed by atoms with E-state index in [1.165, 1.54) is 0 Å². The van der Waals surface area contributed by atoms with E-state index in [1.54, 1.807) is 16.8 Å². The molecule has 0 saturated heterocycles. The van der Waals surface area contributed by atoms with E-state index in [2.05, 4.69) is 35.4 Å². The fourth-order valence-electron chi connectivity index (χ4n) is 4.12. The van der Waals surface area contributed by atoms with Crippen LogP contribution in [0.1, 0.15) is 32.6 Å². The number of aromatic nitrogens is 2. The van der Waals surface area contributed by atoms with Gasteiger partial charge in [0, 0.05) is 31.9 Å². The number of fused-ring (bicyclic) bond motifs is 1. The Balaban J connectivity index is 1.29. The molecule has 3 aromatic carbocycles. The highest BCUT2D eigenvalue weighted by Gasteiger charge is 2.30. The van der Waals surface area contributed by atoms with E-state index >= 15 is 0 Å². The third kappa shape index (κ3) is 4.21. The van der Waals surface area contributed by atoms with Crippen molar-refractivity contribution in [2.24, 2.45) is 7.05 Å². The number of ether oxygens (including phenoxy) is 1. The fraction of sp³-hybridized carbons (Fsp3) is 0.148. The van der Waals surface area contributed by atoms with Crippen molar-refractivity contribution >= 4 is 5.91 Å². The average molecular weight is 434 g/mol. The van der Waals surface area contributed by atoms with Crippen LogP contribution in [-0.4, -0.2) is 20.6 Å². The van der Waals surface area contributed by atoms with Crippen LogP contribution in [-0.2, 0) is 26.7 Å². The number of benzene rings is 3. The van der Waals surface area contributed by atoms with E-state index in [-0.39, 0.29) is 5.91 Å². The number of hydrogen-bond acceptors (Lipinski definition) is 4. The quantitative estimate of drug-likeness (QED) is 0.441. The maximum atomic E-state index is 13.2. The lowest BCUT2D eigenvalue weighted by molar-refractivity contribution is 0.0763. The second-order valence-corrected chi connectivity index (χ2v) is 8.15. The third-order valence-electron chi connectivity index (χ3n) is 5.79. The lowest BCUT2D eigenvalue weighted by Gasteiger charge is -2.16. The number of nitriles is 1. The molecule has 1 amide bonds. The average Bonchev–Trinajstić information content (AvgIpc) is 3.42. The topological polar surface area (TPSA) is 71.2 Å². The predicted molar refractivity (Wildman–Crippen MR) is 124 cm³/mol. The van der Waals surface area contributed by atoms with E-state index in [0.717, 1.165) is 27.8 Å². The molecular weight excluding hydrogens is 412 g/mol. The van der Waals surface area contributed by atoms with Gasteiger partial charge in [-0.1, -0.05) is 48.5 Å². The molecule has 162 valence electrons. The van der Waals surface area contributed by atoms with Crippen LogP contribution >= 0.6 is 0 Å².